The van der Waals surface area contributed by atoms with Crippen LogP contribution in [-0.4, -0.2) is 29.9 Å². The molecule has 0 spiro atoms. The summed E-state index contributed by atoms with van der Waals surface area (Å²) in [6.45, 7) is 0.804. The van der Waals surface area contributed by atoms with E-state index in [1.165, 1.54) is 5.56 Å². The van der Waals surface area contributed by atoms with Gasteiger partial charge in [-0.1, -0.05) is 30.3 Å². The molecule has 2 N–H and O–H groups in total. The summed E-state index contributed by atoms with van der Waals surface area (Å²) < 4.78 is 0. The van der Waals surface area contributed by atoms with Crippen LogP contribution in [0.3, 0.4) is 0 Å². The highest BCUT2D eigenvalue weighted by molar-refractivity contribution is 7.99. The zero-order chi connectivity index (χ0) is 12.8. The molecule has 1 amide bonds. The minimum absolute atomic E-state index is 0.000241. The first-order chi connectivity index (χ1) is 8.74. The summed E-state index contributed by atoms with van der Waals surface area (Å²) in [5.41, 5.74) is 1.24. The maximum absolute atomic E-state index is 11.6. The van der Waals surface area contributed by atoms with Crippen LogP contribution in [0.15, 0.2) is 30.3 Å². The van der Waals surface area contributed by atoms with Crippen molar-refractivity contribution in [2.24, 2.45) is 5.41 Å². The van der Waals surface area contributed by atoms with Gasteiger partial charge in [-0.3, -0.25) is 4.79 Å². The van der Waals surface area contributed by atoms with Gasteiger partial charge in [-0.2, -0.15) is 0 Å². The maximum atomic E-state index is 11.6. The highest BCUT2D eigenvalue weighted by Gasteiger charge is 2.41. The highest BCUT2D eigenvalue weighted by Crippen LogP contribution is 2.44. The topological polar surface area (TPSA) is 49.3 Å². The van der Waals surface area contributed by atoms with E-state index in [2.05, 4.69) is 17.4 Å². The molecule has 1 fully saturated rings. The molecule has 2 rings (SSSR count). The molecular weight excluding hydrogens is 246 g/mol. The standard InChI is InChI=1S/C14H19NO2S/c16-11-14(6-7-14)10-15-13(17)9-18-8-12-4-2-1-3-5-12/h1-5,16H,6-11H2,(H,15,17). The van der Waals surface area contributed by atoms with Crippen molar-refractivity contribution in [3.8, 4) is 0 Å². The first-order valence-corrected chi connectivity index (χ1v) is 7.39. The lowest BCUT2D eigenvalue weighted by Crippen LogP contribution is -2.33. The number of carbonyl (C=O) groups is 1. The third-order valence-electron chi connectivity index (χ3n) is 3.30. The van der Waals surface area contributed by atoms with Crippen molar-refractivity contribution in [2.45, 2.75) is 18.6 Å². The van der Waals surface area contributed by atoms with E-state index >= 15 is 0 Å². The van der Waals surface area contributed by atoms with Gasteiger partial charge in [0.1, 0.15) is 0 Å². The van der Waals surface area contributed by atoms with Crippen molar-refractivity contribution in [3.63, 3.8) is 0 Å². The summed E-state index contributed by atoms with van der Waals surface area (Å²) in [5.74, 6) is 1.41. The van der Waals surface area contributed by atoms with E-state index in [1.807, 2.05) is 18.2 Å². The molecule has 1 saturated carbocycles. The monoisotopic (exact) mass is 265 g/mol. The number of rotatable bonds is 7. The Balaban J connectivity index is 1.60. The fourth-order valence-corrected chi connectivity index (χ4v) is 2.56. The van der Waals surface area contributed by atoms with Gasteiger partial charge in [0.2, 0.25) is 5.91 Å². The van der Waals surface area contributed by atoms with Crippen LogP contribution < -0.4 is 5.32 Å². The summed E-state index contributed by atoms with van der Waals surface area (Å²) in [5, 5.41) is 12.0. The first-order valence-electron chi connectivity index (χ1n) is 6.23. The molecule has 0 unspecified atom stereocenters. The van der Waals surface area contributed by atoms with E-state index in [-0.39, 0.29) is 17.9 Å². The second-order valence-electron chi connectivity index (χ2n) is 4.91. The molecule has 18 heavy (non-hydrogen) atoms. The quantitative estimate of drug-likeness (QED) is 0.790. The lowest BCUT2D eigenvalue weighted by atomic mass is 10.1. The number of hydrogen-bond acceptors (Lipinski definition) is 3. The number of aliphatic hydroxyl groups excluding tert-OH is 1. The Morgan fingerprint density at radius 1 is 1.33 bits per heavy atom. The van der Waals surface area contributed by atoms with E-state index in [9.17, 15) is 4.79 Å². The second kappa shape index (κ2) is 6.25. The Kier molecular flexibility index (Phi) is 4.66. The van der Waals surface area contributed by atoms with Crippen LogP contribution in [0, 0.1) is 5.41 Å². The lowest BCUT2D eigenvalue weighted by Gasteiger charge is -2.12. The molecule has 1 aliphatic rings. The fraction of sp³-hybridized carbons (Fsp3) is 0.500. The van der Waals surface area contributed by atoms with Gasteiger partial charge in [0, 0.05) is 17.7 Å². The molecule has 0 aromatic heterocycles. The highest BCUT2D eigenvalue weighted by atomic mass is 32.2. The molecule has 98 valence electrons. The normalized spacial score (nSPS) is 16.3. The van der Waals surface area contributed by atoms with Crippen molar-refractivity contribution in [1.29, 1.82) is 0 Å². The molecule has 0 heterocycles. The van der Waals surface area contributed by atoms with Crippen molar-refractivity contribution in [2.75, 3.05) is 18.9 Å². The minimum Gasteiger partial charge on any atom is -0.396 e. The number of carbonyl (C=O) groups excluding carboxylic acids is 1. The molecule has 0 radical (unpaired) electrons. The maximum Gasteiger partial charge on any atom is 0.230 e. The third kappa shape index (κ3) is 4.03. The zero-order valence-electron chi connectivity index (χ0n) is 10.4. The van der Waals surface area contributed by atoms with Crippen LogP contribution in [0.25, 0.3) is 0 Å². The summed E-state index contributed by atoms with van der Waals surface area (Å²) in [6, 6.07) is 10.1. The van der Waals surface area contributed by atoms with Crippen LogP contribution in [0.5, 0.6) is 0 Å². The second-order valence-corrected chi connectivity index (χ2v) is 5.90. The molecule has 1 aromatic rings. The number of benzene rings is 1. The van der Waals surface area contributed by atoms with Crippen LogP contribution in [0.4, 0.5) is 0 Å². The first kappa shape index (κ1) is 13.4. The Hall–Kier alpha value is -1.00. The molecule has 1 aromatic carbocycles. The van der Waals surface area contributed by atoms with E-state index in [4.69, 9.17) is 5.11 Å². The third-order valence-corrected chi connectivity index (χ3v) is 4.30. The van der Waals surface area contributed by atoms with Gasteiger partial charge in [0.15, 0.2) is 0 Å². The molecule has 1 aliphatic carbocycles. The molecular formula is C14H19NO2S. The summed E-state index contributed by atoms with van der Waals surface area (Å²) in [6.07, 6.45) is 2.06. The molecule has 0 atom stereocenters. The smallest absolute Gasteiger partial charge is 0.230 e. The molecule has 0 bridgehead atoms. The Bertz CT molecular complexity index is 390. The molecule has 0 saturated heterocycles. The van der Waals surface area contributed by atoms with E-state index < -0.39 is 0 Å². The van der Waals surface area contributed by atoms with Crippen molar-refractivity contribution in [1.82, 2.24) is 5.32 Å². The van der Waals surface area contributed by atoms with Crippen molar-refractivity contribution < 1.29 is 9.90 Å². The van der Waals surface area contributed by atoms with Crippen molar-refractivity contribution >= 4 is 17.7 Å². The largest absolute Gasteiger partial charge is 0.396 e. The summed E-state index contributed by atoms with van der Waals surface area (Å²) >= 11 is 1.62. The van der Waals surface area contributed by atoms with Gasteiger partial charge >= 0.3 is 0 Å². The van der Waals surface area contributed by atoms with Crippen molar-refractivity contribution in [3.05, 3.63) is 35.9 Å². The summed E-state index contributed by atoms with van der Waals surface area (Å²) in [7, 11) is 0. The van der Waals surface area contributed by atoms with Gasteiger partial charge < -0.3 is 10.4 Å². The average Bonchev–Trinajstić information content (AvgIpc) is 3.18. The Labute approximate surface area is 112 Å². The zero-order valence-corrected chi connectivity index (χ0v) is 11.2. The number of hydrogen-bond donors (Lipinski definition) is 2. The Morgan fingerprint density at radius 2 is 2.06 bits per heavy atom. The number of nitrogens with one attached hydrogen (secondary N) is 1. The van der Waals surface area contributed by atoms with Gasteiger partial charge in [0.05, 0.1) is 12.4 Å². The van der Waals surface area contributed by atoms with Gasteiger partial charge in [0.25, 0.3) is 0 Å². The van der Waals surface area contributed by atoms with Crippen LogP contribution in [0.1, 0.15) is 18.4 Å². The minimum atomic E-state index is -0.000241. The number of thioether (sulfide) groups is 1. The number of amides is 1. The molecule has 3 nitrogen and oxygen atoms in total. The van der Waals surface area contributed by atoms with Crippen LogP contribution in [0.2, 0.25) is 0 Å². The predicted molar refractivity (Wildman–Crippen MR) is 74.4 cm³/mol. The van der Waals surface area contributed by atoms with Gasteiger partial charge in [-0.15, -0.1) is 11.8 Å². The van der Waals surface area contributed by atoms with E-state index in [0.717, 1.165) is 18.6 Å². The van der Waals surface area contributed by atoms with Gasteiger partial charge in [-0.25, -0.2) is 0 Å². The van der Waals surface area contributed by atoms with E-state index in [0.29, 0.717) is 12.3 Å². The average molecular weight is 265 g/mol. The Morgan fingerprint density at radius 3 is 2.67 bits per heavy atom. The number of aliphatic hydroxyl groups is 1. The molecule has 0 aliphatic heterocycles. The SMILES string of the molecule is O=C(CSCc1ccccc1)NCC1(CO)CC1. The van der Waals surface area contributed by atoms with Crippen LogP contribution in [-0.2, 0) is 10.5 Å². The fourth-order valence-electron chi connectivity index (χ4n) is 1.74. The molecule has 4 heteroatoms. The lowest BCUT2D eigenvalue weighted by molar-refractivity contribution is -0.118. The van der Waals surface area contributed by atoms with E-state index in [1.54, 1.807) is 11.8 Å². The predicted octanol–water partition coefficient (Wildman–Crippen LogP) is 1.81. The van der Waals surface area contributed by atoms with Crippen LogP contribution >= 0.6 is 11.8 Å². The summed E-state index contributed by atoms with van der Waals surface area (Å²) in [4.78, 5) is 11.6. The van der Waals surface area contributed by atoms with Gasteiger partial charge in [-0.05, 0) is 18.4 Å².